The fourth-order valence-corrected chi connectivity index (χ4v) is 2.33. The molecule has 0 fully saturated rings. The van der Waals surface area contributed by atoms with E-state index in [9.17, 15) is 24.1 Å². The van der Waals surface area contributed by atoms with Crippen LogP contribution in [-0.2, 0) is 11.3 Å². The average Bonchev–Trinajstić information content (AvgIpc) is 2.86. The van der Waals surface area contributed by atoms with Crippen LogP contribution < -0.4 is 11.1 Å². The molecule has 1 N–H and O–H groups in total. The lowest BCUT2D eigenvalue weighted by atomic mass is 10.2. The molecule has 0 saturated heterocycles. The number of anilines is 1. The van der Waals surface area contributed by atoms with Crippen molar-refractivity contribution in [1.29, 1.82) is 0 Å². The standard InChI is InChI=1S/C16H12FN3O5/c1-9-2-3-10(6-12(9)17)18-15(21)8-19-13-7-11(20(23)24)4-5-14(13)25-16(19)22/h2-7H,8H2,1H3,(H,18,21). The molecule has 0 unspecified atom stereocenters. The first-order valence-corrected chi connectivity index (χ1v) is 7.19. The molecule has 0 aliphatic heterocycles. The van der Waals surface area contributed by atoms with Crippen LogP contribution in [0.15, 0.2) is 45.6 Å². The van der Waals surface area contributed by atoms with Crippen LogP contribution in [0.4, 0.5) is 15.8 Å². The van der Waals surface area contributed by atoms with E-state index in [0.29, 0.717) is 5.56 Å². The van der Waals surface area contributed by atoms with Crippen LogP contribution in [0.1, 0.15) is 5.56 Å². The smallest absolute Gasteiger partial charge is 0.408 e. The molecular formula is C16H12FN3O5. The number of aromatic nitrogens is 1. The molecule has 0 aliphatic rings. The summed E-state index contributed by atoms with van der Waals surface area (Å²) in [5.74, 6) is -1.89. The molecule has 3 aromatic rings. The maximum absolute atomic E-state index is 13.5. The van der Waals surface area contributed by atoms with Crippen molar-refractivity contribution in [2.75, 3.05) is 5.32 Å². The number of nitrogens with one attached hydrogen (secondary N) is 1. The van der Waals surface area contributed by atoms with Crippen LogP contribution in [0, 0.1) is 22.9 Å². The van der Waals surface area contributed by atoms with Gasteiger partial charge in [0.1, 0.15) is 12.4 Å². The number of nitro groups is 1. The summed E-state index contributed by atoms with van der Waals surface area (Å²) in [6.45, 7) is 1.16. The SMILES string of the molecule is Cc1ccc(NC(=O)Cn2c(=O)oc3ccc([N+](=O)[O-])cc32)cc1F. The summed E-state index contributed by atoms with van der Waals surface area (Å²) >= 11 is 0. The van der Waals surface area contributed by atoms with Crippen LogP contribution in [0.25, 0.3) is 11.1 Å². The predicted molar refractivity (Wildman–Crippen MR) is 86.9 cm³/mol. The number of rotatable bonds is 4. The van der Waals surface area contributed by atoms with Gasteiger partial charge < -0.3 is 9.73 Å². The van der Waals surface area contributed by atoms with Gasteiger partial charge in [-0.05, 0) is 30.7 Å². The number of carbonyl (C=O) groups is 1. The number of oxazole rings is 1. The second-order valence-corrected chi connectivity index (χ2v) is 5.38. The number of fused-ring (bicyclic) bond motifs is 1. The highest BCUT2D eigenvalue weighted by atomic mass is 19.1. The zero-order chi connectivity index (χ0) is 18.1. The molecule has 0 saturated carbocycles. The summed E-state index contributed by atoms with van der Waals surface area (Å²) in [5, 5.41) is 13.3. The van der Waals surface area contributed by atoms with Gasteiger partial charge in [-0.1, -0.05) is 6.07 Å². The Hall–Kier alpha value is -3.49. The van der Waals surface area contributed by atoms with Crippen molar-refractivity contribution in [2.24, 2.45) is 0 Å². The number of nitrogens with zero attached hydrogens (tertiary/aromatic N) is 2. The zero-order valence-electron chi connectivity index (χ0n) is 13.0. The minimum Gasteiger partial charge on any atom is -0.408 e. The first-order valence-electron chi connectivity index (χ1n) is 7.19. The van der Waals surface area contributed by atoms with Crippen LogP contribution in [0.2, 0.25) is 0 Å². The van der Waals surface area contributed by atoms with E-state index < -0.39 is 28.9 Å². The highest BCUT2D eigenvalue weighted by Gasteiger charge is 2.16. The lowest BCUT2D eigenvalue weighted by Gasteiger charge is -2.07. The van der Waals surface area contributed by atoms with E-state index in [1.165, 1.54) is 24.3 Å². The molecule has 0 radical (unpaired) electrons. The van der Waals surface area contributed by atoms with Crippen molar-refractivity contribution in [1.82, 2.24) is 4.57 Å². The van der Waals surface area contributed by atoms with E-state index in [1.54, 1.807) is 6.92 Å². The molecule has 25 heavy (non-hydrogen) atoms. The van der Waals surface area contributed by atoms with Crippen molar-refractivity contribution in [3.05, 3.63) is 68.4 Å². The van der Waals surface area contributed by atoms with Crippen molar-refractivity contribution >= 4 is 28.4 Å². The molecule has 9 heteroatoms. The van der Waals surface area contributed by atoms with Gasteiger partial charge in [0.25, 0.3) is 5.69 Å². The molecule has 0 bridgehead atoms. The van der Waals surface area contributed by atoms with E-state index in [1.807, 2.05) is 0 Å². The minimum atomic E-state index is -0.819. The summed E-state index contributed by atoms with van der Waals surface area (Å²) in [7, 11) is 0. The molecular weight excluding hydrogens is 333 g/mol. The van der Waals surface area contributed by atoms with E-state index in [2.05, 4.69) is 5.32 Å². The van der Waals surface area contributed by atoms with Crippen molar-refractivity contribution in [3.8, 4) is 0 Å². The third kappa shape index (κ3) is 3.25. The Morgan fingerprint density at radius 1 is 1.32 bits per heavy atom. The number of carbonyl (C=O) groups excluding carboxylic acids is 1. The second kappa shape index (κ2) is 6.19. The summed E-state index contributed by atoms with van der Waals surface area (Å²) in [4.78, 5) is 34.3. The van der Waals surface area contributed by atoms with Gasteiger partial charge in [0.05, 0.1) is 10.4 Å². The Bertz CT molecular complexity index is 1050. The second-order valence-electron chi connectivity index (χ2n) is 5.38. The first kappa shape index (κ1) is 16.4. The predicted octanol–water partition coefficient (Wildman–Crippen LogP) is 2.59. The van der Waals surface area contributed by atoms with Gasteiger partial charge in [-0.2, -0.15) is 0 Å². The van der Waals surface area contributed by atoms with Gasteiger partial charge in [-0.15, -0.1) is 0 Å². The number of non-ortho nitro benzene ring substituents is 1. The quantitative estimate of drug-likeness (QED) is 0.578. The molecule has 1 aromatic heterocycles. The number of amides is 1. The number of hydrogen-bond donors (Lipinski definition) is 1. The van der Waals surface area contributed by atoms with Crippen LogP contribution in [0.5, 0.6) is 0 Å². The van der Waals surface area contributed by atoms with Gasteiger partial charge in [0.2, 0.25) is 5.91 Å². The summed E-state index contributed by atoms with van der Waals surface area (Å²) in [6, 6.07) is 7.84. The zero-order valence-corrected chi connectivity index (χ0v) is 13.0. The molecule has 1 heterocycles. The topological polar surface area (TPSA) is 107 Å². The number of halogens is 1. The highest BCUT2D eigenvalue weighted by Crippen LogP contribution is 2.20. The molecule has 0 aliphatic carbocycles. The maximum atomic E-state index is 13.5. The Balaban J connectivity index is 1.88. The van der Waals surface area contributed by atoms with Gasteiger partial charge in [0, 0.05) is 17.8 Å². The monoisotopic (exact) mass is 345 g/mol. The van der Waals surface area contributed by atoms with Gasteiger partial charge in [0.15, 0.2) is 5.58 Å². The fourth-order valence-electron chi connectivity index (χ4n) is 2.33. The Morgan fingerprint density at radius 2 is 2.08 bits per heavy atom. The van der Waals surface area contributed by atoms with Gasteiger partial charge in [-0.3, -0.25) is 19.5 Å². The molecule has 0 spiro atoms. The molecule has 0 atom stereocenters. The highest BCUT2D eigenvalue weighted by molar-refractivity contribution is 5.91. The molecule has 1 amide bonds. The maximum Gasteiger partial charge on any atom is 0.420 e. The van der Waals surface area contributed by atoms with Crippen molar-refractivity contribution in [3.63, 3.8) is 0 Å². The molecule has 8 nitrogen and oxygen atoms in total. The van der Waals surface area contributed by atoms with E-state index >= 15 is 0 Å². The Kier molecular flexibility index (Phi) is 4.05. The van der Waals surface area contributed by atoms with Crippen LogP contribution >= 0.6 is 0 Å². The van der Waals surface area contributed by atoms with Gasteiger partial charge >= 0.3 is 5.76 Å². The van der Waals surface area contributed by atoms with E-state index in [-0.39, 0.29) is 22.5 Å². The van der Waals surface area contributed by atoms with Crippen LogP contribution in [0.3, 0.4) is 0 Å². The Labute approximate surface area is 139 Å². The van der Waals surface area contributed by atoms with Crippen LogP contribution in [-0.4, -0.2) is 15.4 Å². The molecule has 128 valence electrons. The number of aryl methyl sites for hydroxylation is 1. The van der Waals surface area contributed by atoms with E-state index in [4.69, 9.17) is 4.42 Å². The minimum absolute atomic E-state index is 0.129. The van der Waals surface area contributed by atoms with Crippen molar-refractivity contribution in [2.45, 2.75) is 13.5 Å². The molecule has 2 aromatic carbocycles. The van der Waals surface area contributed by atoms with E-state index in [0.717, 1.165) is 16.7 Å². The summed E-state index contributed by atoms with van der Waals surface area (Å²) < 4.78 is 19.5. The normalized spacial score (nSPS) is 10.8. The number of benzene rings is 2. The third-order valence-corrected chi connectivity index (χ3v) is 3.62. The fraction of sp³-hybridized carbons (Fsp3) is 0.125. The van der Waals surface area contributed by atoms with Crippen molar-refractivity contribution < 1.29 is 18.5 Å². The molecule has 3 rings (SSSR count). The third-order valence-electron chi connectivity index (χ3n) is 3.62. The van der Waals surface area contributed by atoms with Gasteiger partial charge in [-0.25, -0.2) is 9.18 Å². The number of nitro benzene ring substituents is 1. The Morgan fingerprint density at radius 3 is 2.76 bits per heavy atom. The first-order chi connectivity index (χ1) is 11.8. The average molecular weight is 345 g/mol. The lowest BCUT2D eigenvalue weighted by molar-refractivity contribution is -0.384. The number of hydrogen-bond acceptors (Lipinski definition) is 5. The lowest BCUT2D eigenvalue weighted by Crippen LogP contribution is -2.24. The largest absolute Gasteiger partial charge is 0.420 e. The summed E-state index contributed by atoms with van der Waals surface area (Å²) in [5.41, 5.74) is 0.694. The summed E-state index contributed by atoms with van der Waals surface area (Å²) in [6.07, 6.45) is 0.